The summed E-state index contributed by atoms with van der Waals surface area (Å²) >= 11 is 0. The SMILES string of the molecule is COCOC1C(COCc2ccccc2)OCC1(C)O[Si](C)(C)C. The Kier molecular flexibility index (Phi) is 6.97. The van der Waals surface area contributed by atoms with Gasteiger partial charge in [-0.05, 0) is 32.1 Å². The topological polar surface area (TPSA) is 46.2 Å². The van der Waals surface area contributed by atoms with Gasteiger partial charge < -0.3 is 23.4 Å². The molecule has 136 valence electrons. The largest absolute Gasteiger partial charge is 0.407 e. The standard InChI is InChI=1S/C18H30O5Si/c1-18(23-24(3,4)5)13-21-16(17(18)22-14-19-2)12-20-11-15-9-7-6-8-10-15/h6-10,16-17H,11-14H2,1-5H3. The zero-order chi connectivity index (χ0) is 17.6. The lowest BCUT2D eigenvalue weighted by Gasteiger charge is -2.36. The molecule has 6 heteroatoms. The summed E-state index contributed by atoms with van der Waals surface area (Å²) in [5, 5.41) is 0. The average Bonchev–Trinajstić information content (AvgIpc) is 2.80. The molecule has 5 nitrogen and oxygen atoms in total. The molecule has 0 bridgehead atoms. The summed E-state index contributed by atoms with van der Waals surface area (Å²) in [4.78, 5) is 0. The Morgan fingerprint density at radius 1 is 1.21 bits per heavy atom. The van der Waals surface area contributed by atoms with E-state index in [-0.39, 0.29) is 19.0 Å². The molecule has 0 saturated carbocycles. The van der Waals surface area contributed by atoms with Gasteiger partial charge in [0.1, 0.15) is 24.6 Å². The van der Waals surface area contributed by atoms with E-state index in [4.69, 9.17) is 23.4 Å². The van der Waals surface area contributed by atoms with Gasteiger partial charge in [-0.1, -0.05) is 30.3 Å². The first-order valence-corrected chi connectivity index (χ1v) is 11.8. The molecule has 1 fully saturated rings. The predicted octanol–water partition coefficient (Wildman–Crippen LogP) is 3.20. The first kappa shape index (κ1) is 19.6. The van der Waals surface area contributed by atoms with Crippen molar-refractivity contribution in [1.82, 2.24) is 0 Å². The van der Waals surface area contributed by atoms with Crippen LogP contribution < -0.4 is 0 Å². The normalized spacial score (nSPS) is 27.5. The minimum absolute atomic E-state index is 0.162. The van der Waals surface area contributed by atoms with Crippen molar-refractivity contribution in [2.24, 2.45) is 0 Å². The molecule has 0 N–H and O–H groups in total. The van der Waals surface area contributed by atoms with Gasteiger partial charge in [0, 0.05) is 7.11 Å². The van der Waals surface area contributed by atoms with E-state index in [1.807, 2.05) is 30.3 Å². The Bertz CT molecular complexity index is 490. The van der Waals surface area contributed by atoms with Gasteiger partial charge in [-0.25, -0.2) is 0 Å². The number of rotatable bonds is 9. The van der Waals surface area contributed by atoms with Crippen LogP contribution in [0.5, 0.6) is 0 Å². The molecule has 1 heterocycles. The lowest BCUT2D eigenvalue weighted by atomic mass is 9.99. The van der Waals surface area contributed by atoms with Gasteiger partial charge in [0.2, 0.25) is 0 Å². The third kappa shape index (κ3) is 5.65. The molecular formula is C18H30O5Si. The Labute approximate surface area is 146 Å². The van der Waals surface area contributed by atoms with Crippen molar-refractivity contribution in [3.05, 3.63) is 35.9 Å². The second-order valence-corrected chi connectivity index (χ2v) is 11.8. The summed E-state index contributed by atoms with van der Waals surface area (Å²) in [6.45, 7) is 10.3. The molecule has 24 heavy (non-hydrogen) atoms. The first-order valence-electron chi connectivity index (χ1n) is 8.38. The van der Waals surface area contributed by atoms with E-state index in [0.717, 1.165) is 5.56 Å². The van der Waals surface area contributed by atoms with Crippen molar-refractivity contribution in [3.63, 3.8) is 0 Å². The fourth-order valence-corrected chi connectivity index (χ4v) is 4.62. The Balaban J connectivity index is 1.95. The van der Waals surface area contributed by atoms with E-state index in [2.05, 4.69) is 26.6 Å². The van der Waals surface area contributed by atoms with Gasteiger partial charge in [0.25, 0.3) is 0 Å². The Hall–Kier alpha value is -0.763. The van der Waals surface area contributed by atoms with E-state index in [1.54, 1.807) is 7.11 Å². The molecule has 1 aromatic carbocycles. The average molecular weight is 355 g/mol. The molecule has 1 aliphatic heterocycles. The number of benzene rings is 1. The van der Waals surface area contributed by atoms with E-state index >= 15 is 0 Å². The van der Waals surface area contributed by atoms with Gasteiger partial charge >= 0.3 is 0 Å². The van der Waals surface area contributed by atoms with Crippen LogP contribution in [0.1, 0.15) is 12.5 Å². The summed E-state index contributed by atoms with van der Waals surface area (Å²) < 4.78 is 29.2. The van der Waals surface area contributed by atoms with Crippen LogP contribution >= 0.6 is 0 Å². The summed E-state index contributed by atoms with van der Waals surface area (Å²) in [6, 6.07) is 10.1. The molecule has 0 spiro atoms. The lowest BCUT2D eigenvalue weighted by molar-refractivity contribution is -0.142. The fraction of sp³-hybridized carbons (Fsp3) is 0.667. The van der Waals surface area contributed by atoms with Gasteiger partial charge in [0.15, 0.2) is 8.32 Å². The number of hydrogen-bond acceptors (Lipinski definition) is 5. The third-order valence-corrected chi connectivity index (χ3v) is 4.90. The van der Waals surface area contributed by atoms with Crippen LogP contribution in [0.25, 0.3) is 0 Å². The maximum absolute atomic E-state index is 6.37. The maximum Gasteiger partial charge on any atom is 0.184 e. The molecule has 0 radical (unpaired) electrons. The highest BCUT2D eigenvalue weighted by Gasteiger charge is 2.50. The van der Waals surface area contributed by atoms with Crippen molar-refractivity contribution in [3.8, 4) is 0 Å². The fourth-order valence-electron chi connectivity index (χ4n) is 3.05. The zero-order valence-corrected chi connectivity index (χ0v) is 16.4. The maximum atomic E-state index is 6.37. The van der Waals surface area contributed by atoms with E-state index in [1.165, 1.54) is 0 Å². The molecule has 0 amide bonds. The lowest BCUT2D eigenvalue weighted by Crippen LogP contribution is -2.51. The van der Waals surface area contributed by atoms with Crippen molar-refractivity contribution in [2.45, 2.75) is 51.0 Å². The van der Waals surface area contributed by atoms with E-state index in [9.17, 15) is 0 Å². The summed E-state index contributed by atoms with van der Waals surface area (Å²) in [5.41, 5.74) is 0.676. The van der Waals surface area contributed by atoms with Crippen LogP contribution in [-0.2, 0) is 30.0 Å². The summed E-state index contributed by atoms with van der Waals surface area (Å²) in [5.74, 6) is 0. The van der Waals surface area contributed by atoms with E-state index in [0.29, 0.717) is 19.8 Å². The van der Waals surface area contributed by atoms with Gasteiger partial charge in [-0.2, -0.15) is 0 Å². The molecule has 3 unspecified atom stereocenters. The van der Waals surface area contributed by atoms with Crippen LogP contribution in [-0.4, -0.2) is 53.2 Å². The molecule has 3 atom stereocenters. The van der Waals surface area contributed by atoms with Crippen LogP contribution in [0.15, 0.2) is 30.3 Å². The molecule has 2 rings (SSSR count). The Morgan fingerprint density at radius 3 is 2.54 bits per heavy atom. The predicted molar refractivity (Wildman–Crippen MR) is 95.4 cm³/mol. The van der Waals surface area contributed by atoms with E-state index < -0.39 is 13.9 Å². The van der Waals surface area contributed by atoms with Crippen LogP contribution in [0.2, 0.25) is 19.6 Å². The molecular weight excluding hydrogens is 324 g/mol. The quantitative estimate of drug-likeness (QED) is 0.503. The molecule has 0 aliphatic carbocycles. The Morgan fingerprint density at radius 2 is 1.92 bits per heavy atom. The molecule has 1 aromatic rings. The number of hydrogen-bond donors (Lipinski definition) is 0. The minimum atomic E-state index is -1.73. The van der Waals surface area contributed by atoms with Crippen molar-refractivity contribution in [2.75, 3.05) is 27.1 Å². The van der Waals surface area contributed by atoms with Crippen molar-refractivity contribution >= 4 is 8.32 Å². The summed E-state index contributed by atoms with van der Waals surface area (Å²) in [6.07, 6.45) is -0.370. The molecule has 0 aromatic heterocycles. The van der Waals surface area contributed by atoms with Gasteiger partial charge in [0.05, 0.1) is 19.8 Å². The van der Waals surface area contributed by atoms with Crippen molar-refractivity contribution in [1.29, 1.82) is 0 Å². The monoisotopic (exact) mass is 354 g/mol. The zero-order valence-electron chi connectivity index (χ0n) is 15.4. The van der Waals surface area contributed by atoms with Crippen molar-refractivity contribution < 1.29 is 23.4 Å². The second kappa shape index (κ2) is 8.56. The number of ether oxygens (including phenoxy) is 4. The molecule has 1 aliphatic rings. The highest BCUT2D eigenvalue weighted by Crippen LogP contribution is 2.33. The van der Waals surface area contributed by atoms with Crippen LogP contribution in [0.4, 0.5) is 0 Å². The third-order valence-electron chi connectivity index (χ3n) is 3.82. The second-order valence-electron chi connectivity index (χ2n) is 7.37. The highest BCUT2D eigenvalue weighted by atomic mass is 28.4. The van der Waals surface area contributed by atoms with Gasteiger partial charge in [-0.3, -0.25) is 0 Å². The first-order chi connectivity index (χ1) is 11.3. The van der Waals surface area contributed by atoms with Gasteiger partial charge in [-0.15, -0.1) is 0 Å². The van der Waals surface area contributed by atoms with Crippen LogP contribution in [0.3, 0.4) is 0 Å². The number of methoxy groups -OCH3 is 1. The highest BCUT2D eigenvalue weighted by molar-refractivity contribution is 6.69. The smallest absolute Gasteiger partial charge is 0.184 e. The molecule has 1 saturated heterocycles. The summed E-state index contributed by atoms with van der Waals surface area (Å²) in [7, 11) is -0.112. The minimum Gasteiger partial charge on any atom is -0.407 e. The van der Waals surface area contributed by atoms with Crippen LogP contribution in [0, 0.1) is 0 Å².